The largest absolute Gasteiger partial charge is 0.497 e. The van der Waals surface area contributed by atoms with Crippen LogP contribution < -0.4 is 14.8 Å². The van der Waals surface area contributed by atoms with E-state index in [-0.39, 0.29) is 23.1 Å². The van der Waals surface area contributed by atoms with E-state index in [1.54, 1.807) is 36.4 Å². The summed E-state index contributed by atoms with van der Waals surface area (Å²) >= 11 is 0. The summed E-state index contributed by atoms with van der Waals surface area (Å²) in [5.74, 6) is 0.226. The number of nitrogens with one attached hydrogen (secondary N) is 1. The number of benzene rings is 2. The van der Waals surface area contributed by atoms with Crippen molar-refractivity contribution >= 4 is 17.8 Å². The Kier molecular flexibility index (Phi) is 10.6. The molecule has 0 saturated carbocycles. The average Bonchev–Trinajstić information content (AvgIpc) is 2.79. The molecular formula is C27H35NO6. The van der Waals surface area contributed by atoms with E-state index in [2.05, 4.69) is 5.32 Å². The molecule has 7 heteroatoms. The van der Waals surface area contributed by atoms with Crippen LogP contribution in [0.25, 0.3) is 0 Å². The van der Waals surface area contributed by atoms with E-state index in [1.807, 2.05) is 26.8 Å². The van der Waals surface area contributed by atoms with Crippen molar-refractivity contribution in [2.24, 2.45) is 0 Å². The highest BCUT2D eigenvalue weighted by molar-refractivity contribution is 6.11. The number of ketones is 1. The molecule has 0 heterocycles. The fourth-order valence-electron chi connectivity index (χ4n) is 3.29. The number of carbonyl (C=O) groups excluding carboxylic acids is 3. The third kappa shape index (κ3) is 9.65. The molecule has 0 atom stereocenters. The first kappa shape index (κ1) is 26.9. The molecule has 0 fully saturated rings. The molecular weight excluding hydrogens is 434 g/mol. The highest BCUT2D eigenvalue weighted by Gasteiger charge is 2.18. The number of methoxy groups -OCH3 is 1. The van der Waals surface area contributed by atoms with Crippen molar-refractivity contribution in [1.82, 2.24) is 5.32 Å². The van der Waals surface area contributed by atoms with Gasteiger partial charge in [0.1, 0.15) is 17.1 Å². The predicted octanol–water partition coefficient (Wildman–Crippen LogP) is 5.70. The summed E-state index contributed by atoms with van der Waals surface area (Å²) in [5, 5.41) is 2.72. The van der Waals surface area contributed by atoms with Gasteiger partial charge in [-0.2, -0.15) is 0 Å². The molecule has 0 saturated heterocycles. The van der Waals surface area contributed by atoms with E-state index in [0.29, 0.717) is 24.3 Å². The van der Waals surface area contributed by atoms with Gasteiger partial charge in [-0.3, -0.25) is 9.59 Å². The Labute approximate surface area is 201 Å². The van der Waals surface area contributed by atoms with E-state index >= 15 is 0 Å². The van der Waals surface area contributed by atoms with Crippen LogP contribution in [-0.2, 0) is 9.53 Å². The highest BCUT2D eigenvalue weighted by atomic mass is 16.6. The summed E-state index contributed by atoms with van der Waals surface area (Å²) in [6, 6.07) is 13.6. The first-order valence-electron chi connectivity index (χ1n) is 11.6. The van der Waals surface area contributed by atoms with Crippen LogP contribution >= 0.6 is 0 Å². The number of ether oxygens (including phenoxy) is 3. The van der Waals surface area contributed by atoms with Gasteiger partial charge in [-0.25, -0.2) is 4.79 Å². The molecule has 0 aliphatic heterocycles. The molecule has 1 amide bonds. The predicted molar refractivity (Wildman–Crippen MR) is 130 cm³/mol. The first-order chi connectivity index (χ1) is 16.2. The molecule has 0 aromatic heterocycles. The number of hydrogen-bond donors (Lipinski definition) is 1. The van der Waals surface area contributed by atoms with Crippen LogP contribution in [0.2, 0.25) is 0 Å². The summed E-state index contributed by atoms with van der Waals surface area (Å²) in [7, 11) is 1.51. The van der Waals surface area contributed by atoms with Crippen LogP contribution in [0.1, 0.15) is 75.2 Å². The molecule has 0 unspecified atom stereocenters. The maximum atomic E-state index is 12.9. The zero-order valence-electron chi connectivity index (χ0n) is 20.5. The maximum absolute atomic E-state index is 12.9. The van der Waals surface area contributed by atoms with Crippen molar-refractivity contribution in [2.45, 2.75) is 64.9 Å². The Bertz CT molecular complexity index is 949. The summed E-state index contributed by atoms with van der Waals surface area (Å²) in [4.78, 5) is 36.9. The normalized spacial score (nSPS) is 10.9. The Morgan fingerprint density at radius 2 is 1.56 bits per heavy atom. The molecule has 0 bridgehead atoms. The zero-order valence-corrected chi connectivity index (χ0v) is 20.5. The Morgan fingerprint density at radius 1 is 0.882 bits per heavy atom. The number of hydrogen-bond acceptors (Lipinski definition) is 6. The molecule has 0 aliphatic carbocycles. The lowest BCUT2D eigenvalue weighted by Crippen LogP contribution is -2.28. The number of carbonyl (C=O) groups is 3. The number of esters is 1. The van der Waals surface area contributed by atoms with Gasteiger partial charge in [-0.05, 0) is 45.7 Å². The number of rotatable bonds is 12. The number of amides is 1. The first-order valence-corrected chi connectivity index (χ1v) is 11.6. The van der Waals surface area contributed by atoms with Gasteiger partial charge in [0, 0.05) is 24.6 Å². The molecule has 7 nitrogen and oxygen atoms in total. The average molecular weight is 470 g/mol. The maximum Gasteiger partial charge on any atom is 0.412 e. The zero-order chi connectivity index (χ0) is 25.0. The second-order valence-corrected chi connectivity index (χ2v) is 8.98. The van der Waals surface area contributed by atoms with Gasteiger partial charge in [-0.15, -0.1) is 0 Å². The van der Waals surface area contributed by atoms with Gasteiger partial charge in [0.2, 0.25) is 0 Å². The molecule has 0 spiro atoms. The highest BCUT2D eigenvalue weighted by Crippen LogP contribution is 2.27. The second kappa shape index (κ2) is 13.4. The Balaban J connectivity index is 1.75. The van der Waals surface area contributed by atoms with E-state index in [4.69, 9.17) is 14.2 Å². The van der Waals surface area contributed by atoms with Crippen LogP contribution in [0, 0.1) is 0 Å². The second-order valence-electron chi connectivity index (χ2n) is 8.98. The quantitative estimate of drug-likeness (QED) is 0.244. The molecule has 0 radical (unpaired) electrons. The van der Waals surface area contributed by atoms with Gasteiger partial charge in [0.15, 0.2) is 5.78 Å². The Morgan fingerprint density at radius 3 is 2.24 bits per heavy atom. The lowest BCUT2D eigenvalue weighted by atomic mass is 10.0. The molecule has 184 valence electrons. The molecule has 0 aliphatic rings. The van der Waals surface area contributed by atoms with E-state index in [0.717, 1.165) is 32.1 Å². The van der Waals surface area contributed by atoms with E-state index in [9.17, 15) is 14.4 Å². The molecule has 2 aromatic carbocycles. The Hall–Kier alpha value is -3.35. The molecule has 1 N–H and O–H groups in total. The van der Waals surface area contributed by atoms with Crippen LogP contribution in [0.15, 0.2) is 48.5 Å². The van der Waals surface area contributed by atoms with Crippen LogP contribution in [0.5, 0.6) is 11.5 Å². The van der Waals surface area contributed by atoms with Gasteiger partial charge < -0.3 is 19.5 Å². The summed E-state index contributed by atoms with van der Waals surface area (Å²) in [6.07, 6.45) is 4.19. The third-order valence-corrected chi connectivity index (χ3v) is 4.92. The van der Waals surface area contributed by atoms with Crippen molar-refractivity contribution in [2.75, 3.05) is 13.7 Å². The summed E-state index contributed by atoms with van der Waals surface area (Å²) in [5.41, 5.74) is 0.342. The van der Waals surface area contributed by atoms with E-state index < -0.39 is 11.7 Å². The summed E-state index contributed by atoms with van der Waals surface area (Å²) in [6.45, 7) is 6.04. The van der Waals surface area contributed by atoms with Gasteiger partial charge >= 0.3 is 12.1 Å². The van der Waals surface area contributed by atoms with Gasteiger partial charge in [0.25, 0.3) is 0 Å². The van der Waals surface area contributed by atoms with Crippen molar-refractivity contribution in [3.8, 4) is 11.5 Å². The lowest BCUT2D eigenvalue weighted by Gasteiger charge is -2.19. The van der Waals surface area contributed by atoms with Crippen molar-refractivity contribution in [1.29, 1.82) is 0 Å². The number of unbranched alkanes of at least 4 members (excludes halogenated alkanes) is 4. The van der Waals surface area contributed by atoms with Crippen LogP contribution in [0.3, 0.4) is 0 Å². The molecule has 34 heavy (non-hydrogen) atoms. The minimum Gasteiger partial charge on any atom is -0.497 e. The topological polar surface area (TPSA) is 90.9 Å². The third-order valence-electron chi connectivity index (χ3n) is 4.92. The van der Waals surface area contributed by atoms with Gasteiger partial charge in [-0.1, -0.05) is 49.6 Å². The van der Waals surface area contributed by atoms with Crippen LogP contribution in [0.4, 0.5) is 4.79 Å². The van der Waals surface area contributed by atoms with Gasteiger partial charge in [0.05, 0.1) is 12.7 Å². The molecule has 2 aromatic rings. The van der Waals surface area contributed by atoms with Crippen molar-refractivity contribution in [3.63, 3.8) is 0 Å². The standard InChI is InChI=1S/C27H35NO6/c1-27(2,3)34-24(29)15-11-6-5-7-12-18-28-26(31)33-23-19-21(32-4)16-17-22(23)25(30)20-13-9-8-10-14-20/h8-10,13-14,16-17,19H,5-7,11-12,15,18H2,1-4H3,(H,28,31). The van der Waals surface area contributed by atoms with E-state index in [1.165, 1.54) is 13.2 Å². The monoisotopic (exact) mass is 469 g/mol. The lowest BCUT2D eigenvalue weighted by molar-refractivity contribution is -0.154. The summed E-state index contributed by atoms with van der Waals surface area (Å²) < 4.78 is 15.9. The van der Waals surface area contributed by atoms with Crippen LogP contribution in [-0.4, -0.2) is 37.1 Å². The smallest absolute Gasteiger partial charge is 0.412 e. The molecule has 2 rings (SSSR count). The fraction of sp³-hybridized carbons (Fsp3) is 0.444. The van der Waals surface area contributed by atoms with Crippen molar-refractivity contribution in [3.05, 3.63) is 59.7 Å². The fourth-order valence-corrected chi connectivity index (χ4v) is 3.29. The van der Waals surface area contributed by atoms with Crippen molar-refractivity contribution < 1.29 is 28.6 Å². The minimum atomic E-state index is -0.625. The SMILES string of the molecule is COc1ccc(C(=O)c2ccccc2)c(OC(=O)NCCCCCCCC(=O)OC(C)(C)C)c1. The minimum absolute atomic E-state index is 0.146.